The third-order valence-corrected chi connectivity index (χ3v) is 3.63. The number of nitrogens with one attached hydrogen (secondary N) is 1. The van der Waals surface area contributed by atoms with Crippen LogP contribution in [0.2, 0.25) is 0 Å². The van der Waals surface area contributed by atoms with Crippen LogP contribution in [-0.4, -0.2) is 5.91 Å². The van der Waals surface area contributed by atoms with Crippen molar-refractivity contribution < 1.29 is 9.18 Å². The van der Waals surface area contributed by atoms with Gasteiger partial charge in [-0.3, -0.25) is 4.79 Å². The zero-order valence-corrected chi connectivity index (χ0v) is 13.2. The summed E-state index contributed by atoms with van der Waals surface area (Å²) in [4.78, 5) is 12.1. The van der Waals surface area contributed by atoms with Crippen molar-refractivity contribution in [3.8, 4) is 0 Å². The monoisotopic (exact) mass is 385 g/mol. The summed E-state index contributed by atoms with van der Waals surface area (Å²) in [5.74, 6) is -0.681. The van der Waals surface area contributed by atoms with Gasteiger partial charge in [0.25, 0.3) is 5.91 Å². The van der Waals surface area contributed by atoms with E-state index in [1.807, 2.05) is 13.0 Å². The number of aryl methyl sites for hydroxylation is 1. The molecule has 0 aliphatic heterocycles. The Morgan fingerprint density at radius 3 is 2.58 bits per heavy atom. The van der Waals surface area contributed by atoms with Crippen molar-refractivity contribution in [1.29, 1.82) is 0 Å². The topological polar surface area (TPSA) is 29.1 Å². The number of rotatable bonds is 2. The summed E-state index contributed by atoms with van der Waals surface area (Å²) >= 11 is 6.61. The maximum atomic E-state index is 13.1. The lowest BCUT2D eigenvalue weighted by atomic mass is 10.1. The second-order valence-corrected chi connectivity index (χ2v) is 5.87. The summed E-state index contributed by atoms with van der Waals surface area (Å²) in [6, 6.07) is 9.55. The normalized spacial score (nSPS) is 10.3. The molecule has 0 atom stereocenters. The summed E-state index contributed by atoms with van der Waals surface area (Å²) in [7, 11) is 0. The molecule has 0 aromatic heterocycles. The van der Waals surface area contributed by atoms with Gasteiger partial charge in [0.2, 0.25) is 0 Å². The fourth-order valence-corrected chi connectivity index (χ4v) is 2.61. The lowest BCUT2D eigenvalue weighted by Crippen LogP contribution is -2.12. The molecule has 0 spiro atoms. The molecule has 2 aromatic rings. The minimum absolute atomic E-state index is 0.282. The summed E-state index contributed by atoms with van der Waals surface area (Å²) in [5.41, 5.74) is 1.89. The van der Waals surface area contributed by atoms with Crippen LogP contribution in [0.5, 0.6) is 0 Å². The number of anilines is 1. The molecular formula is C14H10Br2FNO. The van der Waals surface area contributed by atoms with Crippen LogP contribution in [0.4, 0.5) is 10.1 Å². The number of hydrogen-bond donors (Lipinski definition) is 1. The smallest absolute Gasteiger partial charge is 0.255 e. The Kier molecular flexibility index (Phi) is 4.37. The maximum absolute atomic E-state index is 13.1. The molecule has 2 nitrogen and oxygen atoms in total. The largest absolute Gasteiger partial charge is 0.321 e. The molecule has 5 heteroatoms. The zero-order chi connectivity index (χ0) is 14.0. The Morgan fingerprint density at radius 1 is 1.16 bits per heavy atom. The van der Waals surface area contributed by atoms with Gasteiger partial charge in [-0.2, -0.15) is 0 Å². The molecule has 0 bridgehead atoms. The van der Waals surface area contributed by atoms with Crippen LogP contribution in [0.3, 0.4) is 0 Å². The first-order valence-electron chi connectivity index (χ1n) is 5.49. The van der Waals surface area contributed by atoms with Gasteiger partial charge in [0.05, 0.1) is 5.69 Å². The van der Waals surface area contributed by atoms with Gasteiger partial charge in [-0.05, 0) is 64.8 Å². The highest BCUT2D eigenvalue weighted by Crippen LogP contribution is 2.24. The van der Waals surface area contributed by atoms with Gasteiger partial charge in [0, 0.05) is 14.5 Å². The quantitative estimate of drug-likeness (QED) is 0.780. The molecule has 0 heterocycles. The number of hydrogen-bond acceptors (Lipinski definition) is 1. The van der Waals surface area contributed by atoms with Crippen LogP contribution in [0.15, 0.2) is 45.3 Å². The second-order valence-electron chi connectivity index (χ2n) is 4.10. The molecule has 0 radical (unpaired) electrons. The SMILES string of the molecule is Cc1cc(Br)cc(C(=O)Nc2cc(F)ccc2Br)c1. The average Bonchev–Trinajstić information content (AvgIpc) is 2.32. The van der Waals surface area contributed by atoms with Crippen molar-refractivity contribution in [3.63, 3.8) is 0 Å². The van der Waals surface area contributed by atoms with Gasteiger partial charge in [-0.25, -0.2) is 4.39 Å². The van der Waals surface area contributed by atoms with Crippen molar-refractivity contribution in [1.82, 2.24) is 0 Å². The average molecular weight is 387 g/mol. The highest BCUT2D eigenvalue weighted by molar-refractivity contribution is 9.10. The van der Waals surface area contributed by atoms with E-state index in [9.17, 15) is 9.18 Å². The van der Waals surface area contributed by atoms with Crippen molar-refractivity contribution in [3.05, 3.63) is 62.3 Å². The molecule has 1 N–H and O–H groups in total. The Balaban J connectivity index is 2.28. The summed E-state index contributed by atoms with van der Waals surface area (Å²) in [6.07, 6.45) is 0. The van der Waals surface area contributed by atoms with E-state index in [1.54, 1.807) is 18.2 Å². The lowest BCUT2D eigenvalue weighted by Gasteiger charge is -2.08. The van der Waals surface area contributed by atoms with E-state index in [1.165, 1.54) is 12.1 Å². The molecule has 98 valence electrons. The summed E-state index contributed by atoms with van der Waals surface area (Å²) in [5, 5.41) is 2.68. The minimum atomic E-state index is -0.399. The van der Waals surface area contributed by atoms with Crippen molar-refractivity contribution >= 4 is 43.5 Å². The number of benzene rings is 2. The van der Waals surface area contributed by atoms with Crippen molar-refractivity contribution in [2.24, 2.45) is 0 Å². The Morgan fingerprint density at radius 2 is 1.89 bits per heavy atom. The van der Waals surface area contributed by atoms with E-state index in [0.29, 0.717) is 15.7 Å². The van der Waals surface area contributed by atoms with E-state index >= 15 is 0 Å². The van der Waals surface area contributed by atoms with Crippen LogP contribution >= 0.6 is 31.9 Å². The van der Waals surface area contributed by atoms with Gasteiger partial charge in [-0.15, -0.1) is 0 Å². The predicted octanol–water partition coefficient (Wildman–Crippen LogP) is 4.91. The van der Waals surface area contributed by atoms with Gasteiger partial charge >= 0.3 is 0 Å². The maximum Gasteiger partial charge on any atom is 0.255 e. The summed E-state index contributed by atoms with van der Waals surface area (Å²) in [6.45, 7) is 1.90. The van der Waals surface area contributed by atoms with Crippen molar-refractivity contribution in [2.75, 3.05) is 5.32 Å². The molecule has 0 saturated heterocycles. The van der Waals surface area contributed by atoms with Gasteiger partial charge in [0.1, 0.15) is 5.82 Å². The number of carbonyl (C=O) groups is 1. The van der Waals surface area contributed by atoms with Crippen LogP contribution in [-0.2, 0) is 0 Å². The highest BCUT2D eigenvalue weighted by Gasteiger charge is 2.10. The second kappa shape index (κ2) is 5.84. The third-order valence-electron chi connectivity index (χ3n) is 2.48. The first-order chi connectivity index (χ1) is 8.95. The molecule has 2 aromatic carbocycles. The molecule has 1 amide bonds. The van der Waals surface area contributed by atoms with Crippen LogP contribution in [0.1, 0.15) is 15.9 Å². The van der Waals surface area contributed by atoms with E-state index in [0.717, 1.165) is 10.0 Å². The minimum Gasteiger partial charge on any atom is -0.321 e. The Bertz CT molecular complexity index is 623. The molecule has 0 saturated carbocycles. The van der Waals surface area contributed by atoms with E-state index in [4.69, 9.17) is 0 Å². The standard InChI is InChI=1S/C14H10Br2FNO/c1-8-4-9(6-10(15)5-8)14(19)18-13-7-11(17)2-3-12(13)16/h2-7H,1H3,(H,18,19). The van der Waals surface area contributed by atoms with Crippen LogP contribution in [0.25, 0.3) is 0 Å². The molecule has 2 rings (SSSR count). The third kappa shape index (κ3) is 3.64. The van der Waals surface area contributed by atoms with Gasteiger partial charge in [-0.1, -0.05) is 15.9 Å². The summed E-state index contributed by atoms with van der Waals surface area (Å²) < 4.78 is 14.6. The fourth-order valence-electron chi connectivity index (χ4n) is 1.66. The van der Waals surface area contributed by atoms with Gasteiger partial charge in [0.15, 0.2) is 0 Å². The van der Waals surface area contributed by atoms with Crippen LogP contribution < -0.4 is 5.32 Å². The predicted molar refractivity (Wildman–Crippen MR) is 80.9 cm³/mol. The molecule has 0 fully saturated rings. The van der Waals surface area contributed by atoms with E-state index < -0.39 is 5.82 Å². The van der Waals surface area contributed by atoms with Crippen LogP contribution in [0, 0.1) is 12.7 Å². The van der Waals surface area contributed by atoms with E-state index in [2.05, 4.69) is 37.2 Å². The first kappa shape index (κ1) is 14.2. The number of carbonyl (C=O) groups excluding carboxylic acids is 1. The Hall–Kier alpha value is -1.20. The zero-order valence-electron chi connectivity index (χ0n) is 10.0. The fraction of sp³-hybridized carbons (Fsp3) is 0.0714. The van der Waals surface area contributed by atoms with Crippen molar-refractivity contribution in [2.45, 2.75) is 6.92 Å². The molecule has 0 aliphatic carbocycles. The Labute approximate surface area is 127 Å². The molecule has 19 heavy (non-hydrogen) atoms. The number of halogens is 3. The van der Waals surface area contributed by atoms with E-state index in [-0.39, 0.29) is 5.91 Å². The number of amides is 1. The van der Waals surface area contributed by atoms with Gasteiger partial charge < -0.3 is 5.32 Å². The molecule has 0 unspecified atom stereocenters. The first-order valence-corrected chi connectivity index (χ1v) is 7.08. The lowest BCUT2D eigenvalue weighted by molar-refractivity contribution is 0.102. The molecular weight excluding hydrogens is 377 g/mol. The highest BCUT2D eigenvalue weighted by atomic mass is 79.9. The molecule has 0 aliphatic rings.